The second-order valence-electron chi connectivity index (χ2n) is 6.01. The highest BCUT2D eigenvalue weighted by atomic mass is 32.1. The first kappa shape index (κ1) is 17.9. The van der Waals surface area contributed by atoms with Gasteiger partial charge in [-0.25, -0.2) is 4.98 Å². The van der Waals surface area contributed by atoms with Crippen LogP contribution >= 0.6 is 11.3 Å². The predicted octanol–water partition coefficient (Wildman–Crippen LogP) is 5.13. The van der Waals surface area contributed by atoms with Gasteiger partial charge < -0.3 is 10.1 Å². The van der Waals surface area contributed by atoms with Crippen molar-refractivity contribution in [3.8, 4) is 27.6 Å². The summed E-state index contributed by atoms with van der Waals surface area (Å²) >= 11 is 1.58. The number of methoxy groups -OCH3 is 1. The average Bonchev–Trinajstić information content (AvgIpc) is 3.25. The standard InChI is InChI=1S/C22H17N3O2S/c1-27-20-8-3-2-7-18(20)21(26)24-17-6-4-5-16(13-17)19-14-28-22(25-19)15-9-11-23-12-10-15/h2-14H,1H3,(H,24,26). The number of aromatic nitrogens is 2. The van der Waals surface area contributed by atoms with Gasteiger partial charge in [0.15, 0.2) is 0 Å². The summed E-state index contributed by atoms with van der Waals surface area (Å²) in [6.07, 6.45) is 3.51. The maximum absolute atomic E-state index is 12.6. The van der Waals surface area contributed by atoms with Crippen LogP contribution in [0.15, 0.2) is 78.4 Å². The van der Waals surface area contributed by atoms with E-state index in [1.54, 1.807) is 43.0 Å². The van der Waals surface area contributed by atoms with Crippen LogP contribution in [0.1, 0.15) is 10.4 Å². The number of carbonyl (C=O) groups is 1. The van der Waals surface area contributed by atoms with Crippen LogP contribution in [0.3, 0.4) is 0 Å². The first-order valence-electron chi connectivity index (χ1n) is 8.65. The number of anilines is 1. The van der Waals surface area contributed by atoms with Crippen LogP contribution < -0.4 is 10.1 Å². The molecule has 0 unspecified atom stereocenters. The van der Waals surface area contributed by atoms with Crippen LogP contribution in [0.2, 0.25) is 0 Å². The van der Waals surface area contributed by atoms with E-state index in [0.717, 1.165) is 21.8 Å². The highest BCUT2D eigenvalue weighted by molar-refractivity contribution is 7.13. The summed E-state index contributed by atoms with van der Waals surface area (Å²) in [5, 5.41) is 5.87. The molecule has 28 heavy (non-hydrogen) atoms. The molecule has 0 atom stereocenters. The number of rotatable bonds is 5. The van der Waals surface area contributed by atoms with Crippen LogP contribution in [-0.4, -0.2) is 23.0 Å². The van der Waals surface area contributed by atoms with Crippen molar-refractivity contribution >= 4 is 22.9 Å². The zero-order valence-electron chi connectivity index (χ0n) is 15.1. The van der Waals surface area contributed by atoms with E-state index in [9.17, 15) is 4.79 Å². The van der Waals surface area contributed by atoms with Crippen molar-refractivity contribution < 1.29 is 9.53 Å². The van der Waals surface area contributed by atoms with Gasteiger partial charge in [0.25, 0.3) is 5.91 Å². The smallest absolute Gasteiger partial charge is 0.259 e. The normalized spacial score (nSPS) is 10.5. The van der Waals surface area contributed by atoms with Crippen LogP contribution in [0, 0.1) is 0 Å². The lowest BCUT2D eigenvalue weighted by atomic mass is 10.1. The third kappa shape index (κ3) is 3.77. The molecule has 138 valence electrons. The van der Waals surface area contributed by atoms with E-state index in [0.29, 0.717) is 17.0 Å². The number of para-hydroxylation sites is 1. The van der Waals surface area contributed by atoms with Gasteiger partial charge in [0.05, 0.1) is 18.4 Å². The van der Waals surface area contributed by atoms with Gasteiger partial charge in [0.2, 0.25) is 0 Å². The number of amides is 1. The first-order valence-corrected chi connectivity index (χ1v) is 9.53. The minimum absolute atomic E-state index is 0.217. The quantitative estimate of drug-likeness (QED) is 0.515. The Kier molecular flexibility index (Phi) is 5.12. The van der Waals surface area contributed by atoms with Crippen molar-refractivity contribution in [3.63, 3.8) is 0 Å². The molecule has 0 spiro atoms. The van der Waals surface area contributed by atoms with E-state index in [1.165, 1.54) is 0 Å². The third-order valence-corrected chi connectivity index (χ3v) is 5.09. The topological polar surface area (TPSA) is 64.1 Å². The van der Waals surface area contributed by atoms with Crippen molar-refractivity contribution in [1.82, 2.24) is 9.97 Å². The minimum Gasteiger partial charge on any atom is -0.496 e. The van der Waals surface area contributed by atoms with Crippen LogP contribution in [0.4, 0.5) is 5.69 Å². The number of ether oxygens (including phenoxy) is 1. The lowest BCUT2D eigenvalue weighted by Crippen LogP contribution is -2.13. The molecular formula is C22H17N3O2S. The number of pyridine rings is 1. The number of benzene rings is 2. The molecule has 0 fully saturated rings. The molecule has 0 saturated carbocycles. The van der Waals surface area contributed by atoms with Gasteiger partial charge in [-0.15, -0.1) is 11.3 Å². The SMILES string of the molecule is COc1ccccc1C(=O)Nc1cccc(-c2csc(-c3ccncc3)n2)c1. The molecule has 0 aliphatic rings. The van der Waals surface area contributed by atoms with Gasteiger partial charge in [-0.3, -0.25) is 9.78 Å². The number of hydrogen-bond donors (Lipinski definition) is 1. The lowest BCUT2D eigenvalue weighted by Gasteiger charge is -2.09. The summed E-state index contributed by atoms with van der Waals surface area (Å²) in [4.78, 5) is 21.4. The van der Waals surface area contributed by atoms with Crippen LogP contribution in [-0.2, 0) is 0 Å². The van der Waals surface area contributed by atoms with E-state index in [2.05, 4.69) is 10.3 Å². The van der Waals surface area contributed by atoms with Crippen molar-refractivity contribution in [2.24, 2.45) is 0 Å². The van der Waals surface area contributed by atoms with Gasteiger partial charge in [-0.05, 0) is 36.4 Å². The first-order chi connectivity index (χ1) is 13.7. The van der Waals surface area contributed by atoms with Gasteiger partial charge in [0.1, 0.15) is 10.8 Å². The molecule has 1 N–H and O–H groups in total. The summed E-state index contributed by atoms with van der Waals surface area (Å²) in [7, 11) is 1.55. The zero-order chi connectivity index (χ0) is 19.3. The molecule has 0 radical (unpaired) electrons. The summed E-state index contributed by atoms with van der Waals surface area (Å²) in [5.74, 6) is 0.322. The van der Waals surface area contributed by atoms with Crippen molar-refractivity contribution in [3.05, 3.63) is 84.0 Å². The maximum Gasteiger partial charge on any atom is 0.259 e. The Hall–Kier alpha value is -3.51. The predicted molar refractivity (Wildman–Crippen MR) is 112 cm³/mol. The molecule has 2 aromatic heterocycles. The Labute approximate surface area is 166 Å². The molecule has 2 aromatic carbocycles. The summed E-state index contributed by atoms with van der Waals surface area (Å²) in [6.45, 7) is 0. The van der Waals surface area contributed by atoms with E-state index < -0.39 is 0 Å². The molecule has 4 rings (SSSR count). The Balaban J connectivity index is 1.57. The van der Waals surface area contributed by atoms with Gasteiger partial charge in [-0.2, -0.15) is 0 Å². The molecule has 6 heteroatoms. The highest BCUT2D eigenvalue weighted by Gasteiger charge is 2.12. The van der Waals surface area contributed by atoms with Gasteiger partial charge >= 0.3 is 0 Å². The van der Waals surface area contributed by atoms with E-state index >= 15 is 0 Å². The van der Waals surface area contributed by atoms with Crippen LogP contribution in [0.25, 0.3) is 21.8 Å². The Bertz CT molecular complexity index is 1110. The molecule has 2 heterocycles. The highest BCUT2D eigenvalue weighted by Crippen LogP contribution is 2.30. The van der Waals surface area contributed by atoms with Gasteiger partial charge in [0, 0.05) is 34.6 Å². The molecule has 0 aliphatic heterocycles. The number of thiazole rings is 1. The second kappa shape index (κ2) is 8.02. The van der Waals surface area contributed by atoms with Crippen LogP contribution in [0.5, 0.6) is 5.75 Å². The van der Waals surface area contributed by atoms with E-state index in [4.69, 9.17) is 9.72 Å². The molecule has 0 saturated heterocycles. The fraction of sp³-hybridized carbons (Fsp3) is 0.0455. The summed E-state index contributed by atoms with van der Waals surface area (Å²) in [5.41, 5.74) is 4.03. The van der Waals surface area contributed by atoms with Gasteiger partial charge in [-0.1, -0.05) is 24.3 Å². The Morgan fingerprint density at radius 1 is 1.00 bits per heavy atom. The van der Waals surface area contributed by atoms with E-state index in [1.807, 2.05) is 53.9 Å². The number of nitrogens with zero attached hydrogens (tertiary/aromatic N) is 2. The lowest BCUT2D eigenvalue weighted by molar-refractivity contribution is 0.102. The number of carbonyl (C=O) groups excluding carboxylic acids is 1. The molecular weight excluding hydrogens is 370 g/mol. The number of hydrogen-bond acceptors (Lipinski definition) is 5. The molecule has 5 nitrogen and oxygen atoms in total. The third-order valence-electron chi connectivity index (χ3n) is 4.20. The fourth-order valence-corrected chi connectivity index (χ4v) is 3.66. The summed E-state index contributed by atoms with van der Waals surface area (Å²) in [6, 6.07) is 18.7. The Morgan fingerprint density at radius 3 is 2.64 bits per heavy atom. The molecule has 0 aliphatic carbocycles. The Morgan fingerprint density at radius 2 is 1.82 bits per heavy atom. The van der Waals surface area contributed by atoms with Crippen molar-refractivity contribution in [2.75, 3.05) is 12.4 Å². The number of nitrogens with one attached hydrogen (secondary N) is 1. The second-order valence-corrected chi connectivity index (χ2v) is 6.87. The monoisotopic (exact) mass is 387 g/mol. The fourth-order valence-electron chi connectivity index (χ4n) is 2.82. The average molecular weight is 387 g/mol. The zero-order valence-corrected chi connectivity index (χ0v) is 15.9. The van der Waals surface area contributed by atoms with E-state index in [-0.39, 0.29) is 5.91 Å². The molecule has 4 aromatic rings. The molecule has 1 amide bonds. The largest absolute Gasteiger partial charge is 0.496 e. The minimum atomic E-state index is -0.217. The molecule has 0 bridgehead atoms. The summed E-state index contributed by atoms with van der Waals surface area (Å²) < 4.78 is 5.27. The maximum atomic E-state index is 12.6. The van der Waals surface area contributed by atoms with Crippen molar-refractivity contribution in [1.29, 1.82) is 0 Å². The van der Waals surface area contributed by atoms with Crippen molar-refractivity contribution in [2.45, 2.75) is 0 Å².